The van der Waals surface area contributed by atoms with E-state index in [1.165, 1.54) is 12.0 Å². The number of amides is 2. The van der Waals surface area contributed by atoms with E-state index in [1.807, 2.05) is 38.1 Å². The van der Waals surface area contributed by atoms with Gasteiger partial charge in [-0.15, -0.1) is 0 Å². The van der Waals surface area contributed by atoms with Crippen molar-refractivity contribution in [1.82, 2.24) is 0 Å². The first-order chi connectivity index (χ1) is 13.0. The lowest BCUT2D eigenvalue weighted by Gasteiger charge is -2.22. The molecule has 0 radical (unpaired) electrons. The number of benzene rings is 2. The molecule has 0 spiro atoms. The Hall–Kier alpha value is -3.06. The summed E-state index contributed by atoms with van der Waals surface area (Å²) in [5.41, 5.74) is 2.22. The fraction of sp³-hybridized carbons (Fsp3) is 0.300. The summed E-state index contributed by atoms with van der Waals surface area (Å²) in [5, 5.41) is 2.53. The van der Waals surface area contributed by atoms with E-state index in [4.69, 9.17) is 9.47 Å². The second-order valence-electron chi connectivity index (χ2n) is 5.70. The van der Waals surface area contributed by atoms with Crippen LogP contribution < -0.4 is 15.0 Å². The van der Waals surface area contributed by atoms with Crippen molar-refractivity contribution in [3.05, 3.63) is 54.1 Å². The molecule has 0 aromatic heterocycles. The Morgan fingerprint density at radius 2 is 1.89 bits per heavy atom. The minimum Gasteiger partial charge on any atom is -0.453 e. The number of nitrogens with one attached hydrogen (secondary N) is 1. The van der Waals surface area contributed by atoms with E-state index in [1.54, 1.807) is 24.3 Å². The van der Waals surface area contributed by atoms with Crippen LogP contribution in [0.1, 0.15) is 12.5 Å². The van der Waals surface area contributed by atoms with Crippen LogP contribution in [0.2, 0.25) is 0 Å². The number of ether oxygens (including phenoxy) is 3. The van der Waals surface area contributed by atoms with Gasteiger partial charge in [0.25, 0.3) is 0 Å². The number of rotatable bonds is 7. The van der Waals surface area contributed by atoms with Crippen LogP contribution in [0.4, 0.5) is 21.0 Å². The smallest absolute Gasteiger partial charge is 0.419 e. The first kappa shape index (κ1) is 20.3. The minimum atomic E-state index is -0.600. The van der Waals surface area contributed by atoms with Crippen LogP contribution >= 0.6 is 0 Å². The van der Waals surface area contributed by atoms with Gasteiger partial charge in [-0.25, -0.2) is 9.59 Å². The quantitative estimate of drug-likeness (QED) is 0.737. The molecular formula is C20H24N2O5. The van der Waals surface area contributed by atoms with Crippen molar-refractivity contribution < 1.29 is 23.8 Å². The predicted molar refractivity (Wildman–Crippen MR) is 104 cm³/mol. The molecule has 2 rings (SSSR count). The van der Waals surface area contributed by atoms with Crippen molar-refractivity contribution in [1.29, 1.82) is 0 Å². The number of hydrogen-bond donors (Lipinski definition) is 1. The highest BCUT2D eigenvalue weighted by molar-refractivity contribution is 5.90. The highest BCUT2D eigenvalue weighted by Crippen LogP contribution is 2.21. The molecule has 0 bridgehead atoms. The highest BCUT2D eigenvalue weighted by Gasteiger charge is 2.18. The molecule has 0 fully saturated rings. The van der Waals surface area contributed by atoms with Gasteiger partial charge in [-0.05, 0) is 43.7 Å². The largest absolute Gasteiger partial charge is 0.453 e. The number of hydrogen-bond acceptors (Lipinski definition) is 5. The van der Waals surface area contributed by atoms with E-state index >= 15 is 0 Å². The Morgan fingerprint density at radius 3 is 2.59 bits per heavy atom. The summed E-state index contributed by atoms with van der Waals surface area (Å²) in [6.45, 7) is 5.17. The number of aryl methyl sites for hydroxylation is 1. The van der Waals surface area contributed by atoms with Crippen LogP contribution in [-0.2, 0) is 9.47 Å². The Balaban J connectivity index is 2.15. The van der Waals surface area contributed by atoms with Crippen LogP contribution in [0, 0.1) is 6.92 Å². The van der Waals surface area contributed by atoms with Crippen LogP contribution in [0.5, 0.6) is 5.75 Å². The van der Waals surface area contributed by atoms with Gasteiger partial charge in [0.2, 0.25) is 0 Å². The Labute approximate surface area is 158 Å². The predicted octanol–water partition coefficient (Wildman–Crippen LogP) is 4.22. The van der Waals surface area contributed by atoms with Crippen molar-refractivity contribution in [2.75, 3.05) is 37.1 Å². The van der Waals surface area contributed by atoms with E-state index < -0.39 is 12.2 Å². The number of carbonyl (C=O) groups is 2. The number of carbonyl (C=O) groups excluding carboxylic acids is 2. The molecule has 0 aliphatic carbocycles. The van der Waals surface area contributed by atoms with E-state index in [-0.39, 0.29) is 0 Å². The van der Waals surface area contributed by atoms with E-state index in [9.17, 15) is 9.59 Å². The van der Waals surface area contributed by atoms with Gasteiger partial charge in [0.1, 0.15) is 5.75 Å². The average molecular weight is 372 g/mol. The second kappa shape index (κ2) is 10.2. The summed E-state index contributed by atoms with van der Waals surface area (Å²) in [6.07, 6.45) is -1.13. The van der Waals surface area contributed by atoms with Crippen molar-refractivity contribution in [2.45, 2.75) is 13.8 Å². The van der Waals surface area contributed by atoms with E-state index in [0.717, 1.165) is 11.3 Å². The maximum absolute atomic E-state index is 12.7. The van der Waals surface area contributed by atoms with Gasteiger partial charge < -0.3 is 14.2 Å². The van der Waals surface area contributed by atoms with Crippen LogP contribution in [0.25, 0.3) is 0 Å². The molecule has 0 atom stereocenters. The Morgan fingerprint density at radius 1 is 1.11 bits per heavy atom. The van der Waals surface area contributed by atoms with Crippen LogP contribution in [0.15, 0.2) is 48.5 Å². The summed E-state index contributed by atoms with van der Waals surface area (Å²) < 4.78 is 15.4. The molecular weight excluding hydrogens is 348 g/mol. The van der Waals surface area contributed by atoms with Gasteiger partial charge in [0.15, 0.2) is 0 Å². The maximum atomic E-state index is 12.7. The molecule has 144 valence electrons. The molecule has 0 unspecified atom stereocenters. The summed E-state index contributed by atoms with van der Waals surface area (Å²) in [5.74, 6) is 0.308. The summed E-state index contributed by atoms with van der Waals surface area (Å²) >= 11 is 0. The molecule has 27 heavy (non-hydrogen) atoms. The lowest BCUT2D eigenvalue weighted by Crippen LogP contribution is -2.36. The third-order valence-corrected chi connectivity index (χ3v) is 3.67. The highest BCUT2D eigenvalue weighted by atomic mass is 16.6. The van der Waals surface area contributed by atoms with Crippen molar-refractivity contribution in [3.63, 3.8) is 0 Å². The molecule has 7 nitrogen and oxygen atoms in total. The summed E-state index contributed by atoms with van der Waals surface area (Å²) in [7, 11) is 1.28. The van der Waals surface area contributed by atoms with Gasteiger partial charge in [-0.1, -0.05) is 18.2 Å². The minimum absolute atomic E-state index is 0.308. The summed E-state index contributed by atoms with van der Waals surface area (Å²) in [4.78, 5) is 25.6. The van der Waals surface area contributed by atoms with Gasteiger partial charge in [-0.3, -0.25) is 10.2 Å². The van der Waals surface area contributed by atoms with Gasteiger partial charge in [0, 0.05) is 24.0 Å². The molecule has 7 heteroatoms. The topological polar surface area (TPSA) is 77.1 Å². The Kier molecular flexibility index (Phi) is 7.63. The standard InChI is InChI=1S/C20H24N2O5/c1-4-26-12-11-22(17-9-5-7-15(2)13-17)20(24)27-18-10-6-8-16(14-18)21-19(23)25-3/h5-10,13-14H,4,11-12H2,1-3H3,(H,21,23). The lowest BCUT2D eigenvalue weighted by atomic mass is 10.2. The van der Waals surface area contributed by atoms with Crippen LogP contribution in [-0.4, -0.2) is 39.1 Å². The fourth-order valence-corrected chi connectivity index (χ4v) is 2.38. The molecule has 0 aliphatic heterocycles. The van der Waals surface area contributed by atoms with Crippen LogP contribution in [0.3, 0.4) is 0 Å². The van der Waals surface area contributed by atoms with Crippen molar-refractivity contribution in [3.8, 4) is 5.75 Å². The third kappa shape index (κ3) is 6.31. The third-order valence-electron chi connectivity index (χ3n) is 3.67. The number of nitrogens with zero attached hydrogens (tertiary/aromatic N) is 1. The molecule has 0 saturated carbocycles. The molecule has 1 N–H and O–H groups in total. The first-order valence-corrected chi connectivity index (χ1v) is 8.62. The first-order valence-electron chi connectivity index (χ1n) is 8.62. The average Bonchev–Trinajstić information content (AvgIpc) is 2.65. The van der Waals surface area contributed by atoms with Gasteiger partial charge in [-0.2, -0.15) is 0 Å². The zero-order valence-corrected chi connectivity index (χ0v) is 15.7. The molecule has 0 heterocycles. The zero-order chi connectivity index (χ0) is 19.6. The second-order valence-corrected chi connectivity index (χ2v) is 5.70. The number of methoxy groups -OCH3 is 1. The normalized spacial score (nSPS) is 10.2. The molecule has 0 saturated heterocycles. The monoisotopic (exact) mass is 372 g/mol. The molecule has 2 amide bonds. The van der Waals surface area contributed by atoms with E-state index in [2.05, 4.69) is 10.1 Å². The van der Waals surface area contributed by atoms with Gasteiger partial charge >= 0.3 is 12.2 Å². The van der Waals surface area contributed by atoms with E-state index in [0.29, 0.717) is 31.2 Å². The van der Waals surface area contributed by atoms with Crippen molar-refractivity contribution in [2.24, 2.45) is 0 Å². The maximum Gasteiger partial charge on any atom is 0.419 e. The molecule has 0 aliphatic rings. The van der Waals surface area contributed by atoms with Crippen molar-refractivity contribution >= 4 is 23.6 Å². The lowest BCUT2D eigenvalue weighted by molar-refractivity contribution is 0.151. The number of anilines is 2. The summed E-state index contributed by atoms with van der Waals surface area (Å²) in [6, 6.07) is 14.1. The molecule has 2 aromatic carbocycles. The molecule has 2 aromatic rings. The van der Waals surface area contributed by atoms with Gasteiger partial charge in [0.05, 0.1) is 20.3 Å². The SMILES string of the molecule is CCOCCN(C(=O)Oc1cccc(NC(=O)OC)c1)c1cccc(C)c1. The Bertz CT molecular complexity index is 778. The fourth-order valence-electron chi connectivity index (χ4n) is 2.38. The zero-order valence-electron chi connectivity index (χ0n) is 15.7.